The van der Waals surface area contributed by atoms with Crippen LogP contribution in [0.5, 0.6) is 5.75 Å². The number of ether oxygens (including phenoxy) is 1. The van der Waals surface area contributed by atoms with Crippen molar-refractivity contribution in [1.82, 2.24) is 9.78 Å². The highest BCUT2D eigenvalue weighted by Gasteiger charge is 2.30. The van der Waals surface area contributed by atoms with Gasteiger partial charge in [0, 0.05) is 5.69 Å². The predicted molar refractivity (Wildman–Crippen MR) is 101 cm³/mol. The summed E-state index contributed by atoms with van der Waals surface area (Å²) in [5.41, 5.74) is 0.0471. The fourth-order valence-corrected chi connectivity index (χ4v) is 2.56. The number of amides is 1. The molecule has 0 fully saturated rings. The van der Waals surface area contributed by atoms with Crippen molar-refractivity contribution in [3.05, 3.63) is 81.8 Å². The molecule has 9 heteroatoms. The molecule has 1 heterocycles. The number of aryl methyl sites for hydroxylation is 1. The third-order valence-corrected chi connectivity index (χ3v) is 4.08. The molecule has 0 bridgehead atoms. The summed E-state index contributed by atoms with van der Waals surface area (Å²) in [7, 11) is 1.28. The number of carbonyl (C=O) groups excluding carboxylic acids is 1. The van der Waals surface area contributed by atoms with E-state index in [1.54, 1.807) is 24.3 Å². The molecule has 1 amide bonds. The monoisotopic (exact) mass is 403 g/mol. The van der Waals surface area contributed by atoms with Crippen molar-refractivity contribution in [2.45, 2.75) is 13.1 Å². The number of methoxy groups -OCH3 is 1. The van der Waals surface area contributed by atoms with Gasteiger partial charge in [-0.15, -0.1) is 0 Å². The summed E-state index contributed by atoms with van der Waals surface area (Å²) in [6.07, 6.45) is -4.48. The minimum atomic E-state index is -4.48. The first-order valence-corrected chi connectivity index (χ1v) is 8.43. The number of nitrogens with zero attached hydrogens (tertiary/aromatic N) is 2. The minimum Gasteiger partial charge on any atom is -0.494 e. The van der Waals surface area contributed by atoms with Gasteiger partial charge in [0.1, 0.15) is 0 Å². The fraction of sp³-hybridized carbons (Fsp3) is 0.150. The van der Waals surface area contributed by atoms with Crippen LogP contribution < -0.4 is 15.6 Å². The van der Waals surface area contributed by atoms with Crippen LogP contribution in [0, 0.1) is 6.92 Å². The Kier molecular flexibility index (Phi) is 5.40. The molecule has 0 atom stereocenters. The summed E-state index contributed by atoms with van der Waals surface area (Å²) in [4.78, 5) is 25.0. The molecule has 0 saturated carbocycles. The second-order valence-corrected chi connectivity index (χ2v) is 6.18. The second-order valence-electron chi connectivity index (χ2n) is 6.18. The van der Waals surface area contributed by atoms with Crippen molar-refractivity contribution in [2.75, 3.05) is 12.4 Å². The maximum atomic E-state index is 12.7. The molecule has 0 radical (unpaired) electrons. The van der Waals surface area contributed by atoms with E-state index in [9.17, 15) is 22.8 Å². The molecular weight excluding hydrogens is 387 g/mol. The van der Waals surface area contributed by atoms with Crippen LogP contribution in [0.15, 0.2) is 59.4 Å². The summed E-state index contributed by atoms with van der Waals surface area (Å²) < 4.78 is 44.1. The van der Waals surface area contributed by atoms with E-state index in [1.165, 1.54) is 7.11 Å². The van der Waals surface area contributed by atoms with Gasteiger partial charge in [-0.05, 0) is 43.3 Å². The summed E-state index contributed by atoms with van der Waals surface area (Å²) in [5.74, 6) is -0.787. The van der Waals surface area contributed by atoms with E-state index in [-0.39, 0.29) is 17.1 Å². The zero-order valence-corrected chi connectivity index (χ0v) is 15.4. The van der Waals surface area contributed by atoms with Gasteiger partial charge in [-0.2, -0.15) is 23.0 Å². The van der Waals surface area contributed by atoms with Gasteiger partial charge in [-0.1, -0.05) is 17.7 Å². The number of hydrogen-bond acceptors (Lipinski definition) is 4. The fourth-order valence-electron chi connectivity index (χ4n) is 2.56. The normalized spacial score (nSPS) is 11.2. The van der Waals surface area contributed by atoms with Crippen LogP contribution in [0.2, 0.25) is 0 Å². The lowest BCUT2D eigenvalue weighted by Crippen LogP contribution is -2.26. The van der Waals surface area contributed by atoms with Gasteiger partial charge in [0.2, 0.25) is 0 Å². The Bertz CT molecular complexity index is 1090. The Hall–Kier alpha value is -3.62. The zero-order valence-electron chi connectivity index (χ0n) is 15.4. The van der Waals surface area contributed by atoms with Gasteiger partial charge in [0.05, 0.1) is 24.4 Å². The Labute approximate surface area is 163 Å². The van der Waals surface area contributed by atoms with Crippen LogP contribution in [0.4, 0.5) is 18.9 Å². The first-order chi connectivity index (χ1) is 13.7. The lowest BCUT2D eigenvalue weighted by molar-refractivity contribution is -0.137. The molecule has 0 aliphatic carbocycles. The molecule has 0 aliphatic rings. The van der Waals surface area contributed by atoms with Crippen LogP contribution in [0.1, 0.15) is 21.6 Å². The number of carbonyl (C=O) groups is 1. The lowest BCUT2D eigenvalue weighted by atomic mass is 10.2. The number of benzene rings is 2. The third kappa shape index (κ3) is 4.45. The average Bonchev–Trinajstić information content (AvgIpc) is 2.68. The van der Waals surface area contributed by atoms with E-state index in [1.807, 2.05) is 6.92 Å². The number of nitrogens with one attached hydrogen (secondary N) is 1. The first-order valence-electron chi connectivity index (χ1n) is 8.43. The summed E-state index contributed by atoms with van der Waals surface area (Å²) in [5, 5.41) is 6.54. The van der Waals surface area contributed by atoms with Crippen molar-refractivity contribution >= 4 is 11.6 Å². The SMILES string of the molecule is COc1cc(=O)n(-c2ccc(C)cc2)nc1C(=O)Nc1ccc(C(F)(F)F)cc1. The van der Waals surface area contributed by atoms with Crippen LogP contribution in [-0.2, 0) is 6.18 Å². The maximum absolute atomic E-state index is 12.7. The summed E-state index contributed by atoms with van der Waals surface area (Å²) in [6.45, 7) is 1.89. The molecular formula is C20H16F3N3O3. The van der Waals surface area contributed by atoms with E-state index in [4.69, 9.17) is 4.74 Å². The van der Waals surface area contributed by atoms with Crippen LogP contribution in [-0.4, -0.2) is 22.8 Å². The number of anilines is 1. The number of hydrogen-bond donors (Lipinski definition) is 1. The largest absolute Gasteiger partial charge is 0.494 e. The van der Waals surface area contributed by atoms with Crippen LogP contribution >= 0.6 is 0 Å². The minimum absolute atomic E-state index is 0.0530. The second kappa shape index (κ2) is 7.78. The number of halogens is 3. The highest BCUT2D eigenvalue weighted by atomic mass is 19.4. The highest BCUT2D eigenvalue weighted by Crippen LogP contribution is 2.30. The topological polar surface area (TPSA) is 73.2 Å². The number of rotatable bonds is 4. The van der Waals surface area contributed by atoms with E-state index < -0.39 is 23.2 Å². The van der Waals surface area contributed by atoms with E-state index in [0.29, 0.717) is 5.69 Å². The van der Waals surface area contributed by atoms with Crippen molar-refractivity contribution in [3.8, 4) is 11.4 Å². The van der Waals surface area contributed by atoms with Gasteiger partial charge in [-0.3, -0.25) is 9.59 Å². The van der Waals surface area contributed by atoms with Gasteiger partial charge in [-0.25, -0.2) is 0 Å². The van der Waals surface area contributed by atoms with E-state index in [0.717, 1.165) is 40.6 Å². The lowest BCUT2D eigenvalue weighted by Gasteiger charge is -2.12. The molecule has 3 rings (SSSR count). The molecule has 3 aromatic rings. The number of alkyl halides is 3. The van der Waals surface area contributed by atoms with Gasteiger partial charge < -0.3 is 10.1 Å². The van der Waals surface area contributed by atoms with Crippen molar-refractivity contribution in [1.29, 1.82) is 0 Å². The first kappa shape index (κ1) is 20.1. The van der Waals surface area contributed by atoms with Crippen molar-refractivity contribution in [3.63, 3.8) is 0 Å². The molecule has 0 aliphatic heterocycles. The maximum Gasteiger partial charge on any atom is 0.416 e. The van der Waals surface area contributed by atoms with Gasteiger partial charge in [0.15, 0.2) is 11.4 Å². The summed E-state index contributed by atoms with van der Waals surface area (Å²) >= 11 is 0. The molecule has 0 spiro atoms. The van der Waals surface area contributed by atoms with Gasteiger partial charge >= 0.3 is 6.18 Å². The molecule has 150 valence electrons. The van der Waals surface area contributed by atoms with Crippen LogP contribution in [0.25, 0.3) is 5.69 Å². The van der Waals surface area contributed by atoms with E-state index >= 15 is 0 Å². The molecule has 0 unspecified atom stereocenters. The quantitative estimate of drug-likeness (QED) is 0.719. The Morgan fingerprint density at radius 1 is 1.07 bits per heavy atom. The van der Waals surface area contributed by atoms with Crippen LogP contribution in [0.3, 0.4) is 0 Å². The molecule has 2 aromatic carbocycles. The standard InChI is InChI=1S/C20H16F3N3O3/c1-12-3-9-15(10-4-12)26-17(27)11-16(29-2)18(25-26)19(28)24-14-7-5-13(6-8-14)20(21,22)23/h3-11H,1-2H3,(H,24,28). The predicted octanol–water partition coefficient (Wildman–Crippen LogP) is 3.82. The van der Waals surface area contributed by atoms with Crippen molar-refractivity contribution < 1.29 is 22.7 Å². The average molecular weight is 403 g/mol. The Morgan fingerprint density at radius 2 is 1.69 bits per heavy atom. The Balaban J connectivity index is 1.94. The third-order valence-electron chi connectivity index (χ3n) is 4.08. The Morgan fingerprint density at radius 3 is 2.24 bits per heavy atom. The molecule has 1 N–H and O–H groups in total. The molecule has 6 nitrogen and oxygen atoms in total. The molecule has 0 saturated heterocycles. The van der Waals surface area contributed by atoms with E-state index in [2.05, 4.69) is 10.4 Å². The summed E-state index contributed by atoms with van der Waals surface area (Å²) in [6, 6.07) is 12.0. The highest BCUT2D eigenvalue weighted by molar-refractivity contribution is 6.04. The molecule has 1 aromatic heterocycles. The zero-order chi connectivity index (χ0) is 21.2. The smallest absolute Gasteiger partial charge is 0.416 e. The number of aromatic nitrogens is 2. The van der Waals surface area contributed by atoms with Gasteiger partial charge in [0.25, 0.3) is 11.5 Å². The van der Waals surface area contributed by atoms with Crippen molar-refractivity contribution in [2.24, 2.45) is 0 Å². The molecule has 29 heavy (non-hydrogen) atoms.